The number of halogens is 4. The molecule has 4 nitrogen and oxygen atoms in total. The third kappa shape index (κ3) is 2.10. The molecule has 18 heavy (non-hydrogen) atoms. The van der Waals surface area contributed by atoms with Crippen LogP contribution in [0.2, 0.25) is 0 Å². The Balaban J connectivity index is 2.50. The van der Waals surface area contributed by atoms with Crippen molar-refractivity contribution in [2.24, 2.45) is 0 Å². The molecule has 0 spiro atoms. The van der Waals surface area contributed by atoms with E-state index in [9.17, 15) is 22.4 Å². The maximum atomic E-state index is 13.3. The van der Waals surface area contributed by atoms with Gasteiger partial charge in [-0.2, -0.15) is 8.78 Å². The Morgan fingerprint density at radius 1 is 1.28 bits per heavy atom. The van der Waals surface area contributed by atoms with Crippen molar-refractivity contribution < 1.29 is 36.6 Å². The molecule has 0 bridgehead atoms. The summed E-state index contributed by atoms with van der Waals surface area (Å²) >= 11 is 0. The van der Waals surface area contributed by atoms with Crippen LogP contribution in [0, 0.1) is 0 Å². The average Bonchev–Trinajstić information content (AvgIpc) is 2.25. The first-order valence-electron chi connectivity index (χ1n) is 4.63. The number of alkyl halides is 4. The van der Waals surface area contributed by atoms with Crippen molar-refractivity contribution in [2.75, 3.05) is 7.11 Å². The van der Waals surface area contributed by atoms with Crippen molar-refractivity contribution in [1.82, 2.24) is 0 Å². The number of benzene rings is 1. The van der Waals surface area contributed by atoms with Gasteiger partial charge in [0.25, 0.3) is 0 Å². The summed E-state index contributed by atoms with van der Waals surface area (Å²) in [4.78, 5) is 11.1. The van der Waals surface area contributed by atoms with Crippen molar-refractivity contribution in [3.05, 3.63) is 29.3 Å². The molecule has 1 aliphatic heterocycles. The first-order valence-corrected chi connectivity index (χ1v) is 4.63. The van der Waals surface area contributed by atoms with E-state index in [2.05, 4.69) is 14.2 Å². The van der Waals surface area contributed by atoms with E-state index >= 15 is 0 Å². The Kier molecular flexibility index (Phi) is 2.69. The second-order valence-corrected chi connectivity index (χ2v) is 3.39. The molecule has 1 aliphatic rings. The van der Waals surface area contributed by atoms with Crippen LogP contribution in [0.3, 0.4) is 0 Å². The Labute approximate surface area is 98.0 Å². The van der Waals surface area contributed by atoms with Crippen molar-refractivity contribution in [1.29, 1.82) is 0 Å². The molecule has 0 fully saturated rings. The average molecular weight is 266 g/mol. The molecule has 1 aromatic carbocycles. The van der Waals surface area contributed by atoms with Gasteiger partial charge in [0.1, 0.15) is 5.75 Å². The summed E-state index contributed by atoms with van der Waals surface area (Å²) in [6, 6.07) is 2.53. The van der Waals surface area contributed by atoms with Gasteiger partial charge in [-0.3, -0.25) is 0 Å². The van der Waals surface area contributed by atoms with E-state index in [-0.39, 0.29) is 5.56 Å². The lowest BCUT2D eigenvalue weighted by Gasteiger charge is -2.30. The fourth-order valence-electron chi connectivity index (χ4n) is 1.44. The van der Waals surface area contributed by atoms with Gasteiger partial charge in [-0.15, -0.1) is 8.78 Å². The molecule has 0 aromatic heterocycles. The van der Waals surface area contributed by atoms with Crippen LogP contribution in [0.5, 0.6) is 5.75 Å². The number of fused-ring (bicyclic) bond motifs is 1. The van der Waals surface area contributed by atoms with E-state index in [0.29, 0.717) is 6.07 Å². The van der Waals surface area contributed by atoms with Gasteiger partial charge in [0.2, 0.25) is 0 Å². The first kappa shape index (κ1) is 12.6. The highest BCUT2D eigenvalue weighted by atomic mass is 19.3. The zero-order valence-electron chi connectivity index (χ0n) is 8.88. The minimum atomic E-state index is -4.43. The van der Waals surface area contributed by atoms with Gasteiger partial charge in [-0.05, 0) is 18.2 Å². The van der Waals surface area contributed by atoms with Crippen LogP contribution in [0.4, 0.5) is 17.6 Å². The molecule has 0 aliphatic carbocycles. The number of esters is 1. The molecule has 0 N–H and O–H groups in total. The van der Waals surface area contributed by atoms with E-state index in [4.69, 9.17) is 0 Å². The normalized spacial score (nSPS) is 19.6. The molecule has 1 aromatic rings. The molecule has 0 radical (unpaired) electrons. The summed E-state index contributed by atoms with van der Waals surface area (Å²) in [7, 11) is 1.06. The van der Waals surface area contributed by atoms with Crippen LogP contribution in [-0.2, 0) is 15.6 Å². The van der Waals surface area contributed by atoms with Crippen LogP contribution in [0.1, 0.15) is 15.9 Å². The van der Waals surface area contributed by atoms with E-state index < -0.39 is 29.7 Å². The van der Waals surface area contributed by atoms with E-state index in [0.717, 1.165) is 19.2 Å². The minimum absolute atomic E-state index is 0.228. The largest absolute Gasteiger partial charge is 0.540 e. The molecule has 2 rings (SSSR count). The zero-order valence-corrected chi connectivity index (χ0v) is 8.88. The number of ether oxygens (including phenoxy) is 3. The Hall–Kier alpha value is -1.83. The fraction of sp³-hybridized carbons (Fsp3) is 0.300. The van der Waals surface area contributed by atoms with Crippen LogP contribution in [-0.4, -0.2) is 19.4 Å². The molecule has 0 saturated heterocycles. The molecule has 0 atom stereocenters. The summed E-state index contributed by atoms with van der Waals surface area (Å²) < 4.78 is 63.5. The van der Waals surface area contributed by atoms with Crippen molar-refractivity contribution in [2.45, 2.75) is 12.4 Å². The highest BCUT2D eigenvalue weighted by Crippen LogP contribution is 2.46. The van der Waals surface area contributed by atoms with Gasteiger partial charge in [-0.25, -0.2) is 9.53 Å². The Bertz CT molecular complexity index is 501. The second kappa shape index (κ2) is 3.84. The minimum Gasteiger partial charge on any atom is -0.465 e. The van der Waals surface area contributed by atoms with Crippen molar-refractivity contribution in [3.63, 3.8) is 0 Å². The summed E-state index contributed by atoms with van der Waals surface area (Å²) in [5.41, 5.74) is -1.19. The Morgan fingerprint density at radius 2 is 1.94 bits per heavy atom. The molecular formula is C10H6F4O4. The van der Waals surface area contributed by atoms with Gasteiger partial charge in [-0.1, -0.05) is 0 Å². The lowest BCUT2D eigenvalue weighted by molar-refractivity contribution is -0.461. The molecule has 98 valence electrons. The summed E-state index contributed by atoms with van der Waals surface area (Å²) in [6.45, 7) is 0. The van der Waals surface area contributed by atoms with Gasteiger partial charge < -0.3 is 9.47 Å². The predicted octanol–water partition coefficient (Wildman–Crippen LogP) is 2.48. The van der Waals surface area contributed by atoms with Crippen LogP contribution in [0.15, 0.2) is 18.2 Å². The fourth-order valence-corrected chi connectivity index (χ4v) is 1.44. The zero-order chi connectivity index (χ0) is 13.6. The third-order valence-corrected chi connectivity index (χ3v) is 2.19. The van der Waals surface area contributed by atoms with Gasteiger partial charge in [0.15, 0.2) is 0 Å². The monoisotopic (exact) mass is 266 g/mol. The summed E-state index contributed by atoms with van der Waals surface area (Å²) in [6.07, 6.45) is -8.69. The smallest absolute Gasteiger partial charge is 0.465 e. The standard InChI is InChI=1S/C10H6F4O4/c1-16-8(15)5-2-3-7-6(4-5)9(11,12)18-10(13,14)17-7/h2-4H,1H3. The lowest BCUT2D eigenvalue weighted by atomic mass is 10.1. The number of rotatable bonds is 1. The van der Waals surface area contributed by atoms with Crippen molar-refractivity contribution >= 4 is 5.97 Å². The number of methoxy groups -OCH3 is 1. The lowest BCUT2D eigenvalue weighted by Crippen LogP contribution is -2.41. The highest BCUT2D eigenvalue weighted by Gasteiger charge is 2.54. The van der Waals surface area contributed by atoms with Crippen LogP contribution < -0.4 is 4.74 Å². The summed E-state index contributed by atoms with van der Waals surface area (Å²) in [5.74, 6) is -1.64. The van der Waals surface area contributed by atoms with Gasteiger partial charge in [0, 0.05) is 0 Å². The molecule has 0 amide bonds. The SMILES string of the molecule is COC(=O)c1ccc2c(c1)C(F)(F)OC(F)(F)O2. The third-order valence-electron chi connectivity index (χ3n) is 2.19. The molecule has 0 unspecified atom stereocenters. The second-order valence-electron chi connectivity index (χ2n) is 3.39. The van der Waals surface area contributed by atoms with Crippen molar-refractivity contribution in [3.8, 4) is 5.75 Å². The van der Waals surface area contributed by atoms with E-state index in [1.165, 1.54) is 0 Å². The molecule has 1 heterocycles. The number of carbonyl (C=O) groups is 1. The first-order chi connectivity index (χ1) is 8.25. The molecule has 0 saturated carbocycles. The number of carbonyl (C=O) groups excluding carboxylic acids is 1. The van der Waals surface area contributed by atoms with E-state index in [1.54, 1.807) is 0 Å². The number of hydrogen-bond donors (Lipinski definition) is 0. The Morgan fingerprint density at radius 3 is 2.56 bits per heavy atom. The van der Waals surface area contributed by atoms with Crippen LogP contribution in [0.25, 0.3) is 0 Å². The highest BCUT2D eigenvalue weighted by molar-refractivity contribution is 5.89. The quantitative estimate of drug-likeness (QED) is 0.578. The summed E-state index contributed by atoms with van der Waals surface area (Å²) in [5, 5.41) is 0. The van der Waals surface area contributed by atoms with Gasteiger partial charge >= 0.3 is 18.4 Å². The maximum Gasteiger partial charge on any atom is 0.540 e. The molecular weight excluding hydrogens is 260 g/mol. The number of hydrogen-bond acceptors (Lipinski definition) is 4. The predicted molar refractivity (Wildman–Crippen MR) is 48.3 cm³/mol. The van der Waals surface area contributed by atoms with E-state index in [1.807, 2.05) is 0 Å². The van der Waals surface area contributed by atoms with Crippen LogP contribution >= 0.6 is 0 Å². The van der Waals surface area contributed by atoms with Gasteiger partial charge in [0.05, 0.1) is 18.2 Å². The maximum absolute atomic E-state index is 13.3. The topological polar surface area (TPSA) is 44.8 Å². The molecule has 8 heteroatoms.